The third kappa shape index (κ3) is 4.77. The molecule has 0 saturated heterocycles. The van der Waals surface area contributed by atoms with Crippen molar-refractivity contribution in [3.63, 3.8) is 0 Å². The molecule has 0 aliphatic heterocycles. The van der Waals surface area contributed by atoms with Crippen molar-refractivity contribution < 1.29 is 24.2 Å². The summed E-state index contributed by atoms with van der Waals surface area (Å²) in [5.41, 5.74) is 0.636. The van der Waals surface area contributed by atoms with Gasteiger partial charge in [-0.3, -0.25) is 25.0 Å². The van der Waals surface area contributed by atoms with Crippen LogP contribution in [0.2, 0.25) is 0 Å². The van der Waals surface area contributed by atoms with E-state index in [9.17, 15) is 29.8 Å². The third-order valence-corrected chi connectivity index (χ3v) is 4.62. The molecule has 0 bridgehead atoms. The van der Waals surface area contributed by atoms with Crippen LogP contribution in [0.5, 0.6) is 0 Å². The molecule has 2 rings (SSSR count). The maximum atomic E-state index is 12.5. The molecule has 30 heavy (non-hydrogen) atoms. The lowest BCUT2D eigenvalue weighted by molar-refractivity contribution is -0.395. The minimum Gasteiger partial charge on any atom is -0.449 e. The lowest BCUT2D eigenvalue weighted by Crippen LogP contribution is -2.30. The number of rotatable bonds is 7. The highest BCUT2D eigenvalue weighted by Gasteiger charge is 2.28. The lowest BCUT2D eigenvalue weighted by atomic mass is 10.1. The first kappa shape index (κ1) is 22.5. The normalized spacial score (nSPS) is 11.5. The molecule has 0 aromatic heterocycles. The van der Waals surface area contributed by atoms with Crippen LogP contribution in [0.4, 0.5) is 17.1 Å². The van der Waals surface area contributed by atoms with Crippen molar-refractivity contribution in [2.24, 2.45) is 0 Å². The topological polar surface area (TPSA) is 142 Å². The summed E-state index contributed by atoms with van der Waals surface area (Å²) in [7, 11) is 0. The summed E-state index contributed by atoms with van der Waals surface area (Å²) in [4.78, 5) is 45.6. The van der Waals surface area contributed by atoms with Crippen molar-refractivity contribution in [3.05, 3.63) is 72.8 Å². The van der Waals surface area contributed by atoms with Gasteiger partial charge in [0, 0.05) is 17.8 Å². The first-order valence-electron chi connectivity index (χ1n) is 9.10. The lowest BCUT2D eigenvalue weighted by Gasteiger charge is -2.17. The van der Waals surface area contributed by atoms with Gasteiger partial charge in [0.1, 0.15) is 5.56 Å². The summed E-state index contributed by atoms with van der Waals surface area (Å²) in [6, 6.07) is 7.35. The van der Waals surface area contributed by atoms with Gasteiger partial charge in [-0.15, -0.1) is 0 Å². The second-order valence-electron chi connectivity index (χ2n) is 6.65. The summed E-state index contributed by atoms with van der Waals surface area (Å²) >= 11 is 0. The number of anilines is 1. The number of aryl methyl sites for hydroxylation is 2. The summed E-state index contributed by atoms with van der Waals surface area (Å²) in [5, 5.41) is 25.1. The van der Waals surface area contributed by atoms with Gasteiger partial charge in [-0.2, -0.15) is 0 Å². The molecule has 2 aromatic rings. The Morgan fingerprint density at radius 3 is 2.17 bits per heavy atom. The number of carbonyl (C=O) groups excluding carboxylic acids is 2. The van der Waals surface area contributed by atoms with Gasteiger partial charge < -0.3 is 10.1 Å². The number of hydrogen-bond acceptors (Lipinski definition) is 7. The Labute approximate surface area is 172 Å². The molecule has 0 unspecified atom stereocenters. The van der Waals surface area contributed by atoms with E-state index in [-0.39, 0.29) is 11.1 Å². The maximum Gasteiger partial charge on any atom is 0.339 e. The fraction of sp³-hybridized carbons (Fsp3) is 0.300. The Balaban J connectivity index is 2.24. The van der Waals surface area contributed by atoms with Gasteiger partial charge in [0.15, 0.2) is 6.10 Å². The van der Waals surface area contributed by atoms with Crippen LogP contribution >= 0.6 is 0 Å². The van der Waals surface area contributed by atoms with Gasteiger partial charge >= 0.3 is 5.97 Å². The molecule has 0 heterocycles. The van der Waals surface area contributed by atoms with E-state index in [1.165, 1.54) is 13.8 Å². The predicted molar refractivity (Wildman–Crippen MR) is 109 cm³/mol. The highest BCUT2D eigenvalue weighted by atomic mass is 16.6. The molecule has 0 fully saturated rings. The average molecular weight is 415 g/mol. The van der Waals surface area contributed by atoms with Crippen molar-refractivity contribution in [2.45, 2.75) is 40.2 Å². The van der Waals surface area contributed by atoms with E-state index in [1.807, 2.05) is 32.0 Å². The van der Waals surface area contributed by atoms with E-state index < -0.39 is 39.2 Å². The van der Waals surface area contributed by atoms with E-state index >= 15 is 0 Å². The molecule has 0 saturated carbocycles. The average Bonchev–Trinajstić information content (AvgIpc) is 2.68. The first-order chi connectivity index (χ1) is 14.1. The van der Waals surface area contributed by atoms with Crippen LogP contribution in [0, 0.1) is 34.1 Å². The predicted octanol–water partition coefficient (Wildman–Crippen LogP) is 3.87. The van der Waals surface area contributed by atoms with Gasteiger partial charge in [0.25, 0.3) is 17.3 Å². The van der Waals surface area contributed by atoms with Crippen LogP contribution in [-0.4, -0.2) is 27.8 Å². The number of hydrogen-bond donors (Lipinski definition) is 1. The molecule has 158 valence electrons. The zero-order valence-electron chi connectivity index (χ0n) is 16.9. The number of benzene rings is 2. The Hall–Kier alpha value is -3.82. The van der Waals surface area contributed by atoms with Gasteiger partial charge in [0.05, 0.1) is 15.4 Å². The molecule has 1 amide bonds. The molecule has 0 radical (unpaired) electrons. The molecule has 10 heteroatoms. The Kier molecular flexibility index (Phi) is 6.83. The van der Waals surface area contributed by atoms with Crippen LogP contribution in [0.1, 0.15) is 40.9 Å². The fourth-order valence-corrected chi connectivity index (χ4v) is 2.89. The number of esters is 1. The summed E-state index contributed by atoms with van der Waals surface area (Å²) < 4.78 is 5.10. The number of nitro benzene ring substituents is 2. The van der Waals surface area contributed by atoms with E-state index in [1.54, 1.807) is 0 Å². The van der Waals surface area contributed by atoms with Gasteiger partial charge in [0.2, 0.25) is 0 Å². The van der Waals surface area contributed by atoms with Crippen LogP contribution < -0.4 is 5.32 Å². The van der Waals surface area contributed by atoms with Crippen LogP contribution in [0.3, 0.4) is 0 Å². The fourth-order valence-electron chi connectivity index (χ4n) is 2.89. The zero-order valence-corrected chi connectivity index (χ0v) is 16.9. The number of nitro groups is 2. The maximum absolute atomic E-state index is 12.5. The zero-order chi connectivity index (χ0) is 22.6. The number of para-hydroxylation sites is 1. The number of carbonyl (C=O) groups is 2. The van der Waals surface area contributed by atoms with Gasteiger partial charge in [-0.05, 0) is 38.3 Å². The molecular weight excluding hydrogens is 394 g/mol. The Morgan fingerprint density at radius 1 is 1.10 bits per heavy atom. The van der Waals surface area contributed by atoms with Crippen molar-refractivity contribution in [2.75, 3.05) is 5.32 Å². The molecule has 1 N–H and O–H groups in total. The third-order valence-electron chi connectivity index (χ3n) is 4.62. The van der Waals surface area contributed by atoms with E-state index in [0.717, 1.165) is 23.3 Å². The largest absolute Gasteiger partial charge is 0.449 e. The molecular formula is C20H21N3O7. The van der Waals surface area contributed by atoms with Crippen LogP contribution in [-0.2, 0) is 16.0 Å². The minimum atomic E-state index is -1.23. The second-order valence-corrected chi connectivity index (χ2v) is 6.65. The number of amides is 1. The Morgan fingerprint density at radius 2 is 1.67 bits per heavy atom. The molecule has 2 aromatic carbocycles. The smallest absolute Gasteiger partial charge is 0.339 e. The summed E-state index contributed by atoms with van der Waals surface area (Å²) in [6.07, 6.45) is -0.552. The molecule has 10 nitrogen and oxygen atoms in total. The minimum absolute atomic E-state index is 0.181. The molecule has 0 aliphatic rings. The summed E-state index contributed by atoms with van der Waals surface area (Å²) in [5.74, 6) is -1.67. The standard InChI is InChI=1S/C20H21N3O7/c1-5-14-8-6-7-11(2)18(14)21-19(24)13(4)30-20(25)15-9-16(22(26)27)12(3)17(10-15)23(28)29/h6-10,13H,5H2,1-4H3,(H,21,24)/t13-/m0/s1. The highest BCUT2D eigenvalue weighted by molar-refractivity contribution is 5.98. The van der Waals surface area contributed by atoms with E-state index in [2.05, 4.69) is 5.32 Å². The SMILES string of the molecule is CCc1cccc(C)c1NC(=O)[C@H](C)OC(=O)c1cc([N+](=O)[O-])c(C)c([N+](=O)[O-])c1. The van der Waals surface area contributed by atoms with E-state index in [4.69, 9.17) is 4.74 Å². The quantitative estimate of drug-likeness (QED) is 0.411. The monoisotopic (exact) mass is 415 g/mol. The van der Waals surface area contributed by atoms with Crippen molar-refractivity contribution >= 4 is 28.9 Å². The molecule has 0 aliphatic carbocycles. The van der Waals surface area contributed by atoms with Gasteiger partial charge in [-0.1, -0.05) is 25.1 Å². The second kappa shape index (κ2) is 9.12. The van der Waals surface area contributed by atoms with Crippen LogP contribution in [0.25, 0.3) is 0 Å². The Bertz CT molecular complexity index is 998. The summed E-state index contributed by atoms with van der Waals surface area (Å²) in [6.45, 7) is 6.32. The van der Waals surface area contributed by atoms with Crippen molar-refractivity contribution in [1.82, 2.24) is 0 Å². The highest BCUT2D eigenvalue weighted by Crippen LogP contribution is 2.30. The number of nitrogens with one attached hydrogen (secondary N) is 1. The molecule has 0 spiro atoms. The van der Waals surface area contributed by atoms with Crippen molar-refractivity contribution in [3.8, 4) is 0 Å². The van der Waals surface area contributed by atoms with Crippen LogP contribution in [0.15, 0.2) is 30.3 Å². The number of nitrogens with zero attached hydrogens (tertiary/aromatic N) is 2. The van der Waals surface area contributed by atoms with E-state index in [0.29, 0.717) is 12.1 Å². The van der Waals surface area contributed by atoms with Gasteiger partial charge in [-0.25, -0.2) is 4.79 Å². The number of ether oxygens (including phenoxy) is 1. The first-order valence-corrected chi connectivity index (χ1v) is 9.10. The van der Waals surface area contributed by atoms with Crippen molar-refractivity contribution in [1.29, 1.82) is 0 Å². The molecule has 1 atom stereocenters.